The van der Waals surface area contributed by atoms with Crippen molar-refractivity contribution in [2.24, 2.45) is 5.92 Å². The Morgan fingerprint density at radius 2 is 1.83 bits per heavy atom. The van der Waals surface area contributed by atoms with Gasteiger partial charge in [-0.2, -0.15) is 0 Å². The Bertz CT molecular complexity index is 1260. The Morgan fingerprint density at radius 3 is 2.52 bits per heavy atom. The number of ether oxygens (including phenoxy) is 2. The zero-order valence-electron chi connectivity index (χ0n) is 28.5. The summed E-state index contributed by atoms with van der Waals surface area (Å²) in [6, 6.07) is 14.1. The molecule has 4 atom stereocenters. The van der Waals surface area contributed by atoms with Crippen LogP contribution in [0.3, 0.4) is 0 Å². The minimum Gasteiger partial charge on any atom is -0.490 e. The highest BCUT2D eigenvalue weighted by atomic mass is 16.5. The number of hydrogen-bond acceptors (Lipinski definition) is 7. The number of aliphatic hydroxyl groups excluding tert-OH is 1. The first-order valence-corrected chi connectivity index (χ1v) is 16.5. The first-order chi connectivity index (χ1) is 22.0. The van der Waals surface area contributed by atoms with Gasteiger partial charge in [0.15, 0.2) is 0 Å². The highest BCUT2D eigenvalue weighted by Crippen LogP contribution is 2.28. The number of nitrogens with zero attached hydrogens (tertiary/aromatic N) is 3. The number of benzene rings is 2. The standard InChI is InChI=1S/C36H54N4O6/c1-26-23-40(27(2)25-41)36(44)31-22-30(37-34(42)21-29-14-8-7-9-15-29)17-18-32(31)46-28(3)13-10-11-20-45-33(26)24-39(6)35(43)16-12-19-38(4)5/h7-9,14-15,17-18,22,26-28,33,41H,10-13,16,19-21,23-25H2,1-6H3,(H,37,42)/t26-,27+,28+,33+/m0/s1. The van der Waals surface area contributed by atoms with Crippen LogP contribution in [0.4, 0.5) is 5.69 Å². The number of anilines is 1. The Labute approximate surface area is 275 Å². The topological polar surface area (TPSA) is 112 Å². The number of carbonyl (C=O) groups is 3. The van der Waals surface area contributed by atoms with Crippen molar-refractivity contribution in [1.82, 2.24) is 14.7 Å². The number of fused-ring (bicyclic) bond motifs is 1. The third-order valence-corrected chi connectivity index (χ3v) is 8.42. The summed E-state index contributed by atoms with van der Waals surface area (Å²) < 4.78 is 12.7. The molecule has 0 fully saturated rings. The second-order valence-corrected chi connectivity index (χ2v) is 12.9. The number of hydrogen-bond donors (Lipinski definition) is 2. The van der Waals surface area contributed by atoms with Gasteiger partial charge in [0, 0.05) is 44.8 Å². The van der Waals surface area contributed by atoms with Gasteiger partial charge in [0.05, 0.1) is 36.8 Å². The Morgan fingerprint density at radius 1 is 1.09 bits per heavy atom. The van der Waals surface area contributed by atoms with Gasteiger partial charge in [0.25, 0.3) is 5.91 Å². The molecular weight excluding hydrogens is 584 g/mol. The molecule has 0 bridgehead atoms. The summed E-state index contributed by atoms with van der Waals surface area (Å²) in [7, 11) is 5.79. The molecule has 1 aliphatic rings. The quantitative estimate of drug-likeness (QED) is 0.374. The summed E-state index contributed by atoms with van der Waals surface area (Å²) in [6.07, 6.45) is 3.48. The highest BCUT2D eigenvalue weighted by Gasteiger charge is 2.31. The van der Waals surface area contributed by atoms with Gasteiger partial charge in [-0.05, 0) is 83.9 Å². The molecular formula is C36H54N4O6. The Balaban J connectivity index is 1.87. The summed E-state index contributed by atoms with van der Waals surface area (Å²) in [5, 5.41) is 13.1. The minimum atomic E-state index is -0.490. The molecule has 3 rings (SSSR count). The zero-order valence-corrected chi connectivity index (χ0v) is 28.5. The lowest BCUT2D eigenvalue weighted by molar-refractivity contribution is -0.132. The SMILES string of the molecule is C[C@@H]1CCCCO[C@H](CN(C)C(=O)CCCN(C)C)[C@@H](C)CN([C@H](C)CO)C(=O)c2cc(NC(=O)Cc3ccccc3)ccc2O1. The van der Waals surface area contributed by atoms with E-state index in [1.165, 1.54) is 0 Å². The normalized spacial score (nSPS) is 20.3. The van der Waals surface area contributed by atoms with E-state index in [-0.39, 0.29) is 48.9 Å². The molecule has 10 nitrogen and oxygen atoms in total. The molecule has 3 amide bonds. The van der Waals surface area contributed by atoms with Crippen LogP contribution in [0.25, 0.3) is 0 Å². The van der Waals surface area contributed by atoms with Gasteiger partial charge in [-0.15, -0.1) is 0 Å². The van der Waals surface area contributed by atoms with Crippen LogP contribution in [0.15, 0.2) is 48.5 Å². The first kappa shape index (κ1) is 37.0. The maximum absolute atomic E-state index is 14.3. The zero-order chi connectivity index (χ0) is 33.6. The van der Waals surface area contributed by atoms with Crippen LogP contribution < -0.4 is 10.1 Å². The van der Waals surface area contributed by atoms with Crippen molar-refractivity contribution < 1.29 is 29.0 Å². The van der Waals surface area contributed by atoms with Crippen molar-refractivity contribution in [3.8, 4) is 5.75 Å². The third kappa shape index (κ3) is 11.7. The Hall–Kier alpha value is -3.47. The number of amides is 3. The van der Waals surface area contributed by atoms with Crippen LogP contribution in [0.1, 0.15) is 68.8 Å². The predicted octanol–water partition coefficient (Wildman–Crippen LogP) is 4.46. The number of carbonyl (C=O) groups excluding carboxylic acids is 3. The molecule has 0 saturated carbocycles. The van der Waals surface area contributed by atoms with Crippen molar-refractivity contribution in [2.45, 2.75) is 77.5 Å². The number of aliphatic hydroxyl groups is 1. The van der Waals surface area contributed by atoms with Gasteiger partial charge in [-0.25, -0.2) is 0 Å². The summed E-state index contributed by atoms with van der Waals surface area (Å²) in [5.74, 6) is -0.137. The maximum atomic E-state index is 14.3. The van der Waals surface area contributed by atoms with Crippen molar-refractivity contribution in [3.05, 3.63) is 59.7 Å². The molecule has 0 radical (unpaired) electrons. The van der Waals surface area contributed by atoms with E-state index in [4.69, 9.17) is 9.47 Å². The average Bonchev–Trinajstić information content (AvgIpc) is 3.02. The van der Waals surface area contributed by atoms with Gasteiger partial charge in [0.1, 0.15) is 5.75 Å². The van der Waals surface area contributed by atoms with E-state index >= 15 is 0 Å². The molecule has 0 saturated heterocycles. The predicted molar refractivity (Wildman–Crippen MR) is 181 cm³/mol. The van der Waals surface area contributed by atoms with E-state index < -0.39 is 6.04 Å². The summed E-state index contributed by atoms with van der Waals surface area (Å²) >= 11 is 0. The minimum absolute atomic E-state index is 0.0652. The van der Waals surface area contributed by atoms with Crippen molar-refractivity contribution in [1.29, 1.82) is 0 Å². The molecule has 0 aromatic heterocycles. The molecule has 1 heterocycles. The number of likely N-dealkylation sites (N-methyl/N-ethyl adjacent to an activating group) is 1. The lowest BCUT2D eigenvalue weighted by Gasteiger charge is -2.36. The van der Waals surface area contributed by atoms with E-state index in [0.29, 0.717) is 43.1 Å². The summed E-state index contributed by atoms with van der Waals surface area (Å²) in [6.45, 7) is 7.66. The largest absolute Gasteiger partial charge is 0.490 e. The van der Waals surface area contributed by atoms with E-state index in [9.17, 15) is 19.5 Å². The lowest BCUT2D eigenvalue weighted by atomic mass is 10.0. The van der Waals surface area contributed by atoms with Crippen LogP contribution >= 0.6 is 0 Å². The smallest absolute Gasteiger partial charge is 0.258 e. The number of rotatable bonds is 11. The summed E-state index contributed by atoms with van der Waals surface area (Å²) in [4.78, 5) is 45.6. The van der Waals surface area contributed by atoms with E-state index in [1.54, 1.807) is 34.9 Å². The van der Waals surface area contributed by atoms with E-state index in [0.717, 1.165) is 37.8 Å². The molecule has 254 valence electrons. The maximum Gasteiger partial charge on any atom is 0.258 e. The van der Waals surface area contributed by atoms with Crippen LogP contribution in [0, 0.1) is 5.92 Å². The van der Waals surface area contributed by atoms with Crippen LogP contribution in [-0.2, 0) is 20.7 Å². The van der Waals surface area contributed by atoms with Gasteiger partial charge >= 0.3 is 0 Å². The lowest BCUT2D eigenvalue weighted by Crippen LogP contribution is -2.48. The highest BCUT2D eigenvalue weighted by molar-refractivity contribution is 6.00. The van der Waals surface area contributed by atoms with Gasteiger partial charge in [0.2, 0.25) is 11.8 Å². The molecule has 46 heavy (non-hydrogen) atoms. The van der Waals surface area contributed by atoms with Crippen LogP contribution in [0.5, 0.6) is 5.75 Å². The molecule has 0 aliphatic carbocycles. The molecule has 1 aliphatic heterocycles. The van der Waals surface area contributed by atoms with Crippen LogP contribution in [-0.4, -0.2) is 110 Å². The number of nitrogens with one attached hydrogen (secondary N) is 1. The first-order valence-electron chi connectivity index (χ1n) is 16.5. The second kappa shape index (κ2) is 18.6. The molecule has 2 aromatic carbocycles. The third-order valence-electron chi connectivity index (χ3n) is 8.42. The second-order valence-electron chi connectivity index (χ2n) is 12.9. The molecule has 10 heteroatoms. The fourth-order valence-electron chi connectivity index (χ4n) is 5.56. The van der Waals surface area contributed by atoms with E-state index in [2.05, 4.69) is 10.2 Å². The fourth-order valence-corrected chi connectivity index (χ4v) is 5.56. The molecule has 0 spiro atoms. The van der Waals surface area contributed by atoms with Gasteiger partial charge < -0.3 is 34.6 Å². The monoisotopic (exact) mass is 638 g/mol. The average molecular weight is 639 g/mol. The van der Waals surface area contributed by atoms with Crippen molar-refractivity contribution >= 4 is 23.4 Å². The van der Waals surface area contributed by atoms with E-state index in [1.807, 2.05) is 65.3 Å². The van der Waals surface area contributed by atoms with Crippen molar-refractivity contribution in [2.75, 3.05) is 59.3 Å². The Kier molecular flexibility index (Phi) is 15.0. The van der Waals surface area contributed by atoms with Crippen LogP contribution in [0.2, 0.25) is 0 Å². The molecule has 2 aromatic rings. The van der Waals surface area contributed by atoms with Gasteiger partial charge in [-0.3, -0.25) is 14.4 Å². The van der Waals surface area contributed by atoms with Gasteiger partial charge in [-0.1, -0.05) is 37.3 Å². The molecule has 0 unspecified atom stereocenters. The fraction of sp³-hybridized carbons (Fsp3) is 0.583. The molecule has 2 N–H and O–H groups in total. The summed E-state index contributed by atoms with van der Waals surface area (Å²) in [5.41, 5.74) is 1.70. The van der Waals surface area contributed by atoms with Crippen molar-refractivity contribution in [3.63, 3.8) is 0 Å².